The number of methoxy groups -OCH3 is 1. The van der Waals surface area contributed by atoms with E-state index in [4.69, 9.17) is 9.84 Å². The number of hydrogen-bond donors (Lipinski definition) is 2. The average molecular weight is 481 g/mol. The number of ether oxygens (including phenoxy) is 1. The molecular weight excluding hydrogens is 452 g/mol. The zero-order chi connectivity index (χ0) is 25.3. The lowest BCUT2D eigenvalue weighted by Gasteiger charge is -2.06. The lowest BCUT2D eigenvalue weighted by atomic mass is 10.1. The molecule has 3 aromatic carbocycles. The molecule has 2 amide bonds. The van der Waals surface area contributed by atoms with E-state index in [-0.39, 0.29) is 11.8 Å². The first kappa shape index (κ1) is 24.5. The Morgan fingerprint density at radius 3 is 2.47 bits per heavy atom. The van der Waals surface area contributed by atoms with E-state index in [1.165, 1.54) is 6.08 Å². The molecule has 0 aliphatic heterocycles. The van der Waals surface area contributed by atoms with Crippen LogP contribution in [0.25, 0.3) is 23.0 Å². The number of rotatable bonds is 9. The highest BCUT2D eigenvalue weighted by atomic mass is 16.5. The van der Waals surface area contributed by atoms with Gasteiger partial charge in [0.2, 0.25) is 5.91 Å². The van der Waals surface area contributed by atoms with Crippen molar-refractivity contribution in [2.45, 2.75) is 13.5 Å². The fourth-order valence-corrected chi connectivity index (χ4v) is 3.69. The van der Waals surface area contributed by atoms with E-state index >= 15 is 0 Å². The van der Waals surface area contributed by atoms with Crippen LogP contribution in [-0.2, 0) is 11.3 Å². The highest BCUT2D eigenvalue weighted by molar-refractivity contribution is 5.94. The van der Waals surface area contributed by atoms with Crippen LogP contribution >= 0.6 is 0 Å². The number of aromatic nitrogens is 2. The van der Waals surface area contributed by atoms with Crippen molar-refractivity contribution >= 4 is 17.9 Å². The van der Waals surface area contributed by atoms with Gasteiger partial charge in [-0.2, -0.15) is 5.10 Å². The van der Waals surface area contributed by atoms with Crippen molar-refractivity contribution < 1.29 is 14.3 Å². The molecule has 0 radical (unpaired) electrons. The number of amides is 2. The number of para-hydroxylation sites is 1. The molecule has 0 unspecified atom stereocenters. The van der Waals surface area contributed by atoms with Crippen molar-refractivity contribution in [3.63, 3.8) is 0 Å². The smallest absolute Gasteiger partial charge is 0.251 e. The van der Waals surface area contributed by atoms with Crippen LogP contribution in [0.3, 0.4) is 0 Å². The van der Waals surface area contributed by atoms with Crippen LogP contribution in [0.2, 0.25) is 0 Å². The third kappa shape index (κ3) is 6.07. The van der Waals surface area contributed by atoms with Gasteiger partial charge in [0, 0.05) is 42.1 Å². The van der Waals surface area contributed by atoms with E-state index in [9.17, 15) is 9.59 Å². The maximum absolute atomic E-state index is 12.6. The fraction of sp³-hybridized carbons (Fsp3) is 0.138. The molecule has 0 saturated heterocycles. The Kier molecular flexibility index (Phi) is 7.93. The number of hydrogen-bond acceptors (Lipinski definition) is 4. The van der Waals surface area contributed by atoms with Gasteiger partial charge in [-0.25, -0.2) is 4.68 Å². The third-order valence-electron chi connectivity index (χ3n) is 5.53. The topological polar surface area (TPSA) is 85.3 Å². The van der Waals surface area contributed by atoms with Crippen molar-refractivity contribution in [3.8, 4) is 22.7 Å². The first-order valence-corrected chi connectivity index (χ1v) is 11.7. The third-order valence-corrected chi connectivity index (χ3v) is 5.53. The zero-order valence-corrected chi connectivity index (χ0v) is 20.3. The molecular formula is C29H28N4O3. The van der Waals surface area contributed by atoms with Crippen molar-refractivity contribution in [1.82, 2.24) is 20.4 Å². The highest BCUT2D eigenvalue weighted by Gasteiger charge is 2.11. The van der Waals surface area contributed by atoms with Gasteiger partial charge in [-0.05, 0) is 67.1 Å². The van der Waals surface area contributed by atoms with Gasteiger partial charge in [0.25, 0.3) is 5.91 Å². The highest BCUT2D eigenvalue weighted by Crippen LogP contribution is 2.26. The molecule has 0 saturated carbocycles. The largest absolute Gasteiger partial charge is 0.497 e. The molecule has 36 heavy (non-hydrogen) atoms. The summed E-state index contributed by atoms with van der Waals surface area (Å²) in [7, 11) is 1.63. The summed E-state index contributed by atoms with van der Waals surface area (Å²) < 4.78 is 7.07. The Morgan fingerprint density at radius 2 is 1.75 bits per heavy atom. The van der Waals surface area contributed by atoms with Gasteiger partial charge < -0.3 is 15.4 Å². The molecule has 1 aromatic heterocycles. The minimum Gasteiger partial charge on any atom is -0.497 e. The molecule has 0 fully saturated rings. The molecule has 2 N–H and O–H groups in total. The summed E-state index contributed by atoms with van der Waals surface area (Å²) in [5, 5.41) is 10.4. The van der Waals surface area contributed by atoms with Gasteiger partial charge in [-0.1, -0.05) is 30.3 Å². The number of benzene rings is 3. The van der Waals surface area contributed by atoms with Gasteiger partial charge in [-0.3, -0.25) is 9.59 Å². The van der Waals surface area contributed by atoms with Crippen LogP contribution in [0.15, 0.2) is 91.1 Å². The summed E-state index contributed by atoms with van der Waals surface area (Å²) in [6.45, 7) is 2.74. The second kappa shape index (κ2) is 11.7. The second-order valence-corrected chi connectivity index (χ2v) is 8.05. The van der Waals surface area contributed by atoms with Gasteiger partial charge in [0.05, 0.1) is 18.5 Å². The Bertz CT molecular complexity index is 1360. The lowest BCUT2D eigenvalue weighted by Crippen LogP contribution is -2.23. The minimum absolute atomic E-state index is 0.132. The number of carbonyl (C=O) groups is 2. The SMILES string of the molecule is CCNC(=O)c1cccc(CNC(=O)/C=C/c2cn(-c3ccccc3)nc2-c2ccc(OC)cc2)c1. The second-order valence-electron chi connectivity index (χ2n) is 8.05. The standard InChI is InChI=1S/C29H28N4O3/c1-3-30-29(35)23-9-7-8-21(18-23)19-31-27(34)17-14-24-20-33(25-10-5-4-6-11-25)32-28(24)22-12-15-26(36-2)16-13-22/h4-18,20H,3,19H2,1-2H3,(H,30,35)(H,31,34)/b17-14+. The van der Waals surface area contributed by atoms with E-state index in [1.54, 1.807) is 36.1 Å². The molecule has 4 aromatic rings. The van der Waals surface area contributed by atoms with E-state index < -0.39 is 0 Å². The van der Waals surface area contributed by atoms with Crippen molar-refractivity contribution in [3.05, 3.63) is 108 Å². The number of carbonyl (C=O) groups excluding carboxylic acids is 2. The van der Waals surface area contributed by atoms with Gasteiger partial charge in [0.15, 0.2) is 0 Å². The normalized spacial score (nSPS) is 10.8. The van der Waals surface area contributed by atoms with Gasteiger partial charge >= 0.3 is 0 Å². The van der Waals surface area contributed by atoms with Gasteiger partial charge in [-0.15, -0.1) is 0 Å². The summed E-state index contributed by atoms with van der Waals surface area (Å²) in [6, 6.07) is 24.7. The Labute approximate surface area is 210 Å². The zero-order valence-electron chi connectivity index (χ0n) is 20.3. The minimum atomic E-state index is -0.244. The summed E-state index contributed by atoms with van der Waals surface area (Å²) in [5.74, 6) is 0.382. The molecule has 0 aliphatic carbocycles. The van der Waals surface area contributed by atoms with E-state index in [0.717, 1.165) is 33.8 Å². The first-order chi connectivity index (χ1) is 17.6. The molecule has 182 valence electrons. The van der Waals surface area contributed by atoms with E-state index in [0.29, 0.717) is 18.7 Å². The fourth-order valence-electron chi connectivity index (χ4n) is 3.69. The van der Waals surface area contributed by atoms with Crippen LogP contribution in [0, 0.1) is 0 Å². The number of nitrogens with zero attached hydrogens (tertiary/aromatic N) is 2. The van der Waals surface area contributed by atoms with Crippen LogP contribution in [-0.4, -0.2) is 35.2 Å². The molecule has 4 rings (SSSR count). The quantitative estimate of drug-likeness (QED) is 0.342. The average Bonchev–Trinajstić information content (AvgIpc) is 3.36. The van der Waals surface area contributed by atoms with Crippen LogP contribution < -0.4 is 15.4 Å². The van der Waals surface area contributed by atoms with E-state index in [1.807, 2.05) is 73.8 Å². The predicted molar refractivity (Wildman–Crippen MR) is 141 cm³/mol. The van der Waals surface area contributed by atoms with Crippen molar-refractivity contribution in [2.24, 2.45) is 0 Å². The molecule has 7 nitrogen and oxygen atoms in total. The molecule has 0 aliphatic rings. The molecule has 1 heterocycles. The summed E-state index contributed by atoms with van der Waals surface area (Å²) in [6.07, 6.45) is 5.15. The Morgan fingerprint density at radius 1 is 0.972 bits per heavy atom. The van der Waals surface area contributed by atoms with E-state index in [2.05, 4.69) is 10.6 Å². The molecule has 0 atom stereocenters. The first-order valence-electron chi connectivity index (χ1n) is 11.7. The Hall–Kier alpha value is -4.65. The predicted octanol–water partition coefficient (Wildman–Crippen LogP) is 4.63. The molecule has 0 bridgehead atoms. The summed E-state index contributed by atoms with van der Waals surface area (Å²) in [5.41, 5.74) is 4.79. The maximum atomic E-state index is 12.6. The molecule has 0 spiro atoms. The number of nitrogens with one attached hydrogen (secondary N) is 2. The van der Waals surface area contributed by atoms with Crippen molar-refractivity contribution in [2.75, 3.05) is 13.7 Å². The maximum Gasteiger partial charge on any atom is 0.251 e. The van der Waals surface area contributed by atoms with Gasteiger partial charge in [0.1, 0.15) is 5.75 Å². The van der Waals surface area contributed by atoms with Crippen LogP contribution in [0.4, 0.5) is 0 Å². The van der Waals surface area contributed by atoms with Crippen LogP contribution in [0.5, 0.6) is 5.75 Å². The summed E-state index contributed by atoms with van der Waals surface area (Å²) in [4.78, 5) is 24.7. The van der Waals surface area contributed by atoms with Crippen molar-refractivity contribution in [1.29, 1.82) is 0 Å². The summed E-state index contributed by atoms with van der Waals surface area (Å²) >= 11 is 0. The Balaban J connectivity index is 1.52. The lowest BCUT2D eigenvalue weighted by molar-refractivity contribution is -0.116. The van der Waals surface area contributed by atoms with Crippen LogP contribution in [0.1, 0.15) is 28.4 Å². The molecule has 7 heteroatoms. The monoisotopic (exact) mass is 480 g/mol.